The fourth-order valence-electron chi connectivity index (χ4n) is 3.68. The summed E-state index contributed by atoms with van der Waals surface area (Å²) in [6, 6.07) is 11.2. The number of amides is 4. The van der Waals surface area contributed by atoms with Gasteiger partial charge in [-0.05, 0) is 55.3 Å². The molecule has 0 bridgehead atoms. The summed E-state index contributed by atoms with van der Waals surface area (Å²) in [7, 11) is 0. The van der Waals surface area contributed by atoms with E-state index in [1.807, 2.05) is 0 Å². The lowest BCUT2D eigenvalue weighted by atomic mass is 10.1. The number of carbonyl (C=O) groups is 4. The standard InChI is InChI=1S/C23H23N3O5/c1-2-20(27)24-15-7-5-14(6-8-15)21(28)25-16-9-10-18-19(12-16)23(30)26(22(18)29)13-17-4-3-11-31-17/h5-10,12,17H,2-4,11,13H2,1H3,(H,24,27)(H,25,28)/t17-/m0/s1. The highest BCUT2D eigenvalue weighted by Crippen LogP contribution is 2.27. The molecular formula is C23H23N3O5. The summed E-state index contributed by atoms with van der Waals surface area (Å²) < 4.78 is 5.55. The second-order valence-electron chi connectivity index (χ2n) is 7.55. The van der Waals surface area contributed by atoms with Gasteiger partial charge in [0.05, 0.1) is 23.8 Å². The van der Waals surface area contributed by atoms with Crippen LogP contribution in [0.3, 0.4) is 0 Å². The lowest BCUT2D eigenvalue weighted by Crippen LogP contribution is -2.36. The first-order valence-corrected chi connectivity index (χ1v) is 10.3. The molecule has 8 heteroatoms. The Morgan fingerprint density at radius 1 is 1.00 bits per heavy atom. The fraction of sp³-hybridized carbons (Fsp3) is 0.304. The highest BCUT2D eigenvalue weighted by molar-refractivity contribution is 6.22. The number of hydrogen-bond donors (Lipinski definition) is 2. The van der Waals surface area contributed by atoms with Gasteiger partial charge >= 0.3 is 0 Å². The Hall–Kier alpha value is -3.52. The van der Waals surface area contributed by atoms with Crippen LogP contribution in [0.2, 0.25) is 0 Å². The van der Waals surface area contributed by atoms with Crippen molar-refractivity contribution < 1.29 is 23.9 Å². The van der Waals surface area contributed by atoms with E-state index in [1.165, 1.54) is 11.0 Å². The van der Waals surface area contributed by atoms with Crippen LogP contribution in [0.4, 0.5) is 11.4 Å². The van der Waals surface area contributed by atoms with E-state index < -0.39 is 0 Å². The zero-order valence-corrected chi connectivity index (χ0v) is 17.1. The third-order valence-corrected chi connectivity index (χ3v) is 5.39. The normalized spacial score (nSPS) is 17.6. The van der Waals surface area contributed by atoms with E-state index in [-0.39, 0.29) is 41.8 Å². The smallest absolute Gasteiger partial charge is 0.261 e. The van der Waals surface area contributed by atoms with Gasteiger partial charge in [-0.25, -0.2) is 0 Å². The van der Waals surface area contributed by atoms with E-state index in [4.69, 9.17) is 4.74 Å². The number of anilines is 2. The summed E-state index contributed by atoms with van der Waals surface area (Å²) in [5.41, 5.74) is 2.04. The summed E-state index contributed by atoms with van der Waals surface area (Å²) in [5, 5.41) is 5.47. The average molecular weight is 421 g/mol. The number of nitrogens with one attached hydrogen (secondary N) is 2. The van der Waals surface area contributed by atoms with Gasteiger partial charge in [0.15, 0.2) is 0 Å². The number of imide groups is 1. The molecule has 0 unspecified atom stereocenters. The van der Waals surface area contributed by atoms with Crippen LogP contribution in [-0.4, -0.2) is 47.8 Å². The van der Waals surface area contributed by atoms with Gasteiger partial charge in [0.2, 0.25) is 5.91 Å². The Kier molecular flexibility index (Phi) is 5.81. The molecule has 1 fully saturated rings. The third-order valence-electron chi connectivity index (χ3n) is 5.39. The van der Waals surface area contributed by atoms with Crippen molar-refractivity contribution in [2.24, 2.45) is 0 Å². The molecule has 2 heterocycles. The lowest BCUT2D eigenvalue weighted by Gasteiger charge is -2.17. The molecule has 8 nitrogen and oxygen atoms in total. The van der Waals surface area contributed by atoms with E-state index in [0.29, 0.717) is 35.5 Å². The van der Waals surface area contributed by atoms with E-state index >= 15 is 0 Å². The Labute approximate surface area is 179 Å². The van der Waals surface area contributed by atoms with Crippen molar-refractivity contribution >= 4 is 35.0 Å². The fourth-order valence-corrected chi connectivity index (χ4v) is 3.68. The minimum absolute atomic E-state index is 0.108. The van der Waals surface area contributed by atoms with Crippen molar-refractivity contribution in [3.63, 3.8) is 0 Å². The van der Waals surface area contributed by atoms with Gasteiger partial charge in [0.25, 0.3) is 17.7 Å². The molecule has 1 atom stereocenters. The minimum atomic E-state index is -0.373. The van der Waals surface area contributed by atoms with Gasteiger partial charge < -0.3 is 15.4 Å². The monoisotopic (exact) mass is 421 g/mol. The van der Waals surface area contributed by atoms with Crippen molar-refractivity contribution in [1.29, 1.82) is 0 Å². The van der Waals surface area contributed by atoms with Crippen molar-refractivity contribution in [1.82, 2.24) is 4.90 Å². The van der Waals surface area contributed by atoms with Crippen molar-refractivity contribution in [2.45, 2.75) is 32.3 Å². The average Bonchev–Trinajstić information content (AvgIpc) is 3.37. The number of rotatable bonds is 6. The number of fused-ring (bicyclic) bond motifs is 1. The predicted molar refractivity (Wildman–Crippen MR) is 114 cm³/mol. The summed E-state index contributed by atoms with van der Waals surface area (Å²) in [5.74, 6) is -1.18. The molecule has 0 aliphatic carbocycles. The van der Waals surface area contributed by atoms with E-state index in [9.17, 15) is 19.2 Å². The Morgan fingerprint density at radius 2 is 1.71 bits per heavy atom. The quantitative estimate of drug-likeness (QED) is 0.698. The van der Waals surface area contributed by atoms with Crippen molar-refractivity contribution in [2.75, 3.05) is 23.8 Å². The molecule has 4 rings (SSSR count). The van der Waals surface area contributed by atoms with Crippen LogP contribution >= 0.6 is 0 Å². The number of ether oxygens (including phenoxy) is 1. The molecule has 0 saturated carbocycles. The van der Waals surface area contributed by atoms with Crippen molar-refractivity contribution in [3.8, 4) is 0 Å². The largest absolute Gasteiger partial charge is 0.376 e. The van der Waals surface area contributed by atoms with Gasteiger partial charge in [0, 0.05) is 30.0 Å². The second kappa shape index (κ2) is 8.69. The maximum Gasteiger partial charge on any atom is 0.261 e. The first-order valence-electron chi connectivity index (χ1n) is 10.3. The maximum atomic E-state index is 12.8. The molecule has 2 aromatic carbocycles. The lowest BCUT2D eigenvalue weighted by molar-refractivity contribution is -0.115. The molecule has 4 amide bonds. The Bertz CT molecular complexity index is 1040. The van der Waals surface area contributed by atoms with Crippen LogP contribution in [0.5, 0.6) is 0 Å². The van der Waals surface area contributed by atoms with Crippen LogP contribution in [-0.2, 0) is 9.53 Å². The SMILES string of the molecule is CCC(=O)Nc1ccc(C(=O)Nc2ccc3c(c2)C(=O)N(C[C@@H]2CCCO2)C3=O)cc1. The zero-order valence-electron chi connectivity index (χ0n) is 17.1. The highest BCUT2D eigenvalue weighted by atomic mass is 16.5. The van der Waals surface area contributed by atoms with Gasteiger partial charge in [-0.2, -0.15) is 0 Å². The van der Waals surface area contributed by atoms with E-state index in [2.05, 4.69) is 10.6 Å². The molecule has 0 spiro atoms. The molecule has 2 aliphatic heterocycles. The van der Waals surface area contributed by atoms with Gasteiger partial charge in [0.1, 0.15) is 0 Å². The van der Waals surface area contributed by atoms with Crippen molar-refractivity contribution in [3.05, 3.63) is 59.2 Å². The molecule has 2 aromatic rings. The highest BCUT2D eigenvalue weighted by Gasteiger charge is 2.37. The molecule has 31 heavy (non-hydrogen) atoms. The summed E-state index contributed by atoms with van der Waals surface area (Å²) in [6.07, 6.45) is 2.00. The van der Waals surface area contributed by atoms with Crippen LogP contribution in [0.15, 0.2) is 42.5 Å². The Balaban J connectivity index is 1.44. The van der Waals surface area contributed by atoms with Gasteiger partial charge in [-0.3, -0.25) is 24.1 Å². The van der Waals surface area contributed by atoms with E-state index in [0.717, 1.165) is 12.8 Å². The van der Waals surface area contributed by atoms with Crippen LogP contribution < -0.4 is 10.6 Å². The molecular weight excluding hydrogens is 398 g/mol. The predicted octanol–water partition coefficient (Wildman–Crippen LogP) is 3.06. The first-order chi connectivity index (χ1) is 15.0. The zero-order chi connectivity index (χ0) is 22.0. The van der Waals surface area contributed by atoms with Crippen LogP contribution in [0.1, 0.15) is 57.3 Å². The summed E-state index contributed by atoms with van der Waals surface area (Å²) in [4.78, 5) is 50.6. The number of hydrogen-bond acceptors (Lipinski definition) is 5. The van der Waals surface area contributed by atoms with Crippen LogP contribution in [0, 0.1) is 0 Å². The topological polar surface area (TPSA) is 105 Å². The number of carbonyl (C=O) groups excluding carboxylic acids is 4. The second-order valence-corrected chi connectivity index (χ2v) is 7.55. The minimum Gasteiger partial charge on any atom is -0.376 e. The molecule has 0 radical (unpaired) electrons. The summed E-state index contributed by atoms with van der Waals surface area (Å²) in [6.45, 7) is 2.65. The van der Waals surface area contributed by atoms with Crippen LogP contribution in [0.25, 0.3) is 0 Å². The van der Waals surface area contributed by atoms with Gasteiger partial charge in [-0.1, -0.05) is 6.92 Å². The molecule has 0 aromatic heterocycles. The number of benzene rings is 2. The third kappa shape index (κ3) is 4.34. The number of nitrogens with zero attached hydrogens (tertiary/aromatic N) is 1. The molecule has 2 aliphatic rings. The molecule has 1 saturated heterocycles. The van der Waals surface area contributed by atoms with Gasteiger partial charge in [-0.15, -0.1) is 0 Å². The summed E-state index contributed by atoms with van der Waals surface area (Å²) >= 11 is 0. The molecule has 160 valence electrons. The Morgan fingerprint density at radius 3 is 2.39 bits per heavy atom. The van der Waals surface area contributed by atoms with E-state index in [1.54, 1.807) is 43.3 Å². The first kappa shape index (κ1) is 20.7. The maximum absolute atomic E-state index is 12.8. The molecule has 2 N–H and O–H groups in total.